The fourth-order valence-corrected chi connectivity index (χ4v) is 2.09. The third-order valence-electron chi connectivity index (χ3n) is 3.03. The lowest BCUT2D eigenvalue weighted by Gasteiger charge is -2.24. The molecule has 0 radical (unpaired) electrons. The van der Waals surface area contributed by atoms with Gasteiger partial charge in [0.25, 0.3) is 0 Å². The van der Waals surface area contributed by atoms with Crippen molar-refractivity contribution in [1.82, 2.24) is 9.55 Å². The first-order valence-electron chi connectivity index (χ1n) is 5.57. The van der Waals surface area contributed by atoms with E-state index in [0.29, 0.717) is 5.92 Å². The van der Waals surface area contributed by atoms with Crippen LogP contribution in [0.4, 0.5) is 0 Å². The summed E-state index contributed by atoms with van der Waals surface area (Å²) in [5, 5.41) is 0. The number of aryl methyl sites for hydroxylation is 1. The van der Waals surface area contributed by atoms with Crippen molar-refractivity contribution in [3.63, 3.8) is 0 Å². The fourth-order valence-electron chi connectivity index (χ4n) is 2.09. The molecule has 2 rings (SSSR count). The molecule has 1 fully saturated rings. The van der Waals surface area contributed by atoms with E-state index in [2.05, 4.69) is 4.98 Å². The van der Waals surface area contributed by atoms with Crippen LogP contribution in [0.2, 0.25) is 0 Å². The molecular weight excluding hydrogens is 190 g/mol. The summed E-state index contributed by atoms with van der Waals surface area (Å²) in [6, 6.07) is 0.0781. The van der Waals surface area contributed by atoms with Crippen LogP contribution < -0.4 is 5.73 Å². The van der Waals surface area contributed by atoms with Crippen LogP contribution in [0.1, 0.15) is 31.0 Å². The van der Waals surface area contributed by atoms with Crippen molar-refractivity contribution in [3.8, 4) is 0 Å². The predicted molar refractivity (Wildman–Crippen MR) is 58.3 cm³/mol. The van der Waals surface area contributed by atoms with E-state index in [1.807, 2.05) is 17.8 Å². The molecule has 84 valence electrons. The Balaban J connectivity index is 1.88. The van der Waals surface area contributed by atoms with E-state index < -0.39 is 0 Å². The van der Waals surface area contributed by atoms with E-state index in [4.69, 9.17) is 10.5 Å². The van der Waals surface area contributed by atoms with Crippen molar-refractivity contribution < 1.29 is 4.74 Å². The smallest absolute Gasteiger partial charge is 0.0947 e. The zero-order valence-corrected chi connectivity index (χ0v) is 9.22. The Labute approximate surface area is 90.4 Å². The van der Waals surface area contributed by atoms with Gasteiger partial charge in [0, 0.05) is 32.5 Å². The summed E-state index contributed by atoms with van der Waals surface area (Å²) in [5.74, 6) is 0.704. The summed E-state index contributed by atoms with van der Waals surface area (Å²) < 4.78 is 7.27. The van der Waals surface area contributed by atoms with Gasteiger partial charge in [0.1, 0.15) is 0 Å². The van der Waals surface area contributed by atoms with Gasteiger partial charge < -0.3 is 15.0 Å². The zero-order valence-electron chi connectivity index (χ0n) is 9.22. The third kappa shape index (κ3) is 2.79. The van der Waals surface area contributed by atoms with E-state index in [0.717, 1.165) is 38.2 Å². The molecule has 1 atom stereocenters. The Bertz CT molecular complexity index is 305. The third-order valence-corrected chi connectivity index (χ3v) is 3.03. The zero-order chi connectivity index (χ0) is 10.7. The lowest BCUT2D eigenvalue weighted by Crippen LogP contribution is -2.21. The molecular formula is C11H19N3O. The maximum absolute atomic E-state index is 6.12. The van der Waals surface area contributed by atoms with Crippen LogP contribution in [0.3, 0.4) is 0 Å². The molecule has 1 aromatic rings. The second-order valence-electron chi connectivity index (χ2n) is 4.36. The fraction of sp³-hybridized carbons (Fsp3) is 0.727. The molecule has 1 aromatic heterocycles. The van der Waals surface area contributed by atoms with E-state index in [-0.39, 0.29) is 6.04 Å². The van der Waals surface area contributed by atoms with Crippen LogP contribution >= 0.6 is 0 Å². The van der Waals surface area contributed by atoms with Crippen LogP contribution in [-0.4, -0.2) is 22.8 Å². The molecule has 15 heavy (non-hydrogen) atoms. The van der Waals surface area contributed by atoms with Gasteiger partial charge in [-0.3, -0.25) is 0 Å². The molecule has 1 saturated heterocycles. The number of imidazole rings is 1. The van der Waals surface area contributed by atoms with Gasteiger partial charge in [-0.1, -0.05) is 0 Å². The van der Waals surface area contributed by atoms with Crippen LogP contribution in [0, 0.1) is 5.92 Å². The molecule has 1 aliphatic heterocycles. The van der Waals surface area contributed by atoms with E-state index >= 15 is 0 Å². The number of nitrogens with zero attached hydrogens (tertiary/aromatic N) is 2. The van der Waals surface area contributed by atoms with Gasteiger partial charge in [0.15, 0.2) is 0 Å². The maximum Gasteiger partial charge on any atom is 0.0947 e. The summed E-state index contributed by atoms with van der Waals surface area (Å²) in [7, 11) is 1.97. The van der Waals surface area contributed by atoms with Crippen molar-refractivity contribution in [3.05, 3.63) is 18.2 Å². The average Bonchev–Trinajstić information content (AvgIpc) is 2.66. The first-order chi connectivity index (χ1) is 7.25. The van der Waals surface area contributed by atoms with Crippen molar-refractivity contribution in [1.29, 1.82) is 0 Å². The molecule has 0 bridgehead atoms. The monoisotopic (exact) mass is 209 g/mol. The van der Waals surface area contributed by atoms with Crippen LogP contribution in [-0.2, 0) is 11.8 Å². The molecule has 1 unspecified atom stereocenters. The van der Waals surface area contributed by atoms with Crippen LogP contribution in [0.5, 0.6) is 0 Å². The van der Waals surface area contributed by atoms with Crippen LogP contribution in [0.15, 0.2) is 12.5 Å². The molecule has 0 saturated carbocycles. The molecule has 0 aliphatic carbocycles. The lowest BCUT2D eigenvalue weighted by molar-refractivity contribution is 0.0617. The summed E-state index contributed by atoms with van der Waals surface area (Å²) in [6.07, 6.45) is 7.12. The molecule has 0 spiro atoms. The van der Waals surface area contributed by atoms with Crippen molar-refractivity contribution in [2.75, 3.05) is 13.2 Å². The van der Waals surface area contributed by atoms with Crippen LogP contribution in [0.25, 0.3) is 0 Å². The topological polar surface area (TPSA) is 53.1 Å². The molecule has 4 nitrogen and oxygen atoms in total. The van der Waals surface area contributed by atoms with Gasteiger partial charge in [-0.2, -0.15) is 0 Å². The number of nitrogens with two attached hydrogens (primary N) is 1. The molecule has 0 aromatic carbocycles. The highest BCUT2D eigenvalue weighted by Crippen LogP contribution is 2.24. The summed E-state index contributed by atoms with van der Waals surface area (Å²) >= 11 is 0. The van der Waals surface area contributed by atoms with E-state index in [1.54, 1.807) is 6.33 Å². The quantitative estimate of drug-likeness (QED) is 0.814. The largest absolute Gasteiger partial charge is 0.381 e. The average molecular weight is 209 g/mol. The minimum atomic E-state index is 0.0781. The Morgan fingerprint density at radius 1 is 1.60 bits per heavy atom. The highest BCUT2D eigenvalue weighted by Gasteiger charge is 2.19. The summed E-state index contributed by atoms with van der Waals surface area (Å²) in [5.41, 5.74) is 7.13. The number of hydrogen-bond donors (Lipinski definition) is 1. The first kappa shape index (κ1) is 10.6. The molecule has 1 aliphatic rings. The molecule has 4 heteroatoms. The number of hydrogen-bond acceptors (Lipinski definition) is 3. The Hall–Kier alpha value is -0.870. The summed E-state index contributed by atoms with van der Waals surface area (Å²) in [4.78, 5) is 4.29. The predicted octanol–water partition coefficient (Wildman–Crippen LogP) is 1.24. The maximum atomic E-state index is 6.12. The van der Waals surface area contributed by atoms with Gasteiger partial charge in [0.2, 0.25) is 0 Å². The molecule has 2 heterocycles. The highest BCUT2D eigenvalue weighted by molar-refractivity contribution is 5.02. The summed E-state index contributed by atoms with van der Waals surface area (Å²) in [6.45, 7) is 1.78. The minimum absolute atomic E-state index is 0.0781. The second kappa shape index (κ2) is 4.77. The number of rotatable bonds is 3. The minimum Gasteiger partial charge on any atom is -0.381 e. The van der Waals surface area contributed by atoms with Gasteiger partial charge >= 0.3 is 0 Å². The van der Waals surface area contributed by atoms with Gasteiger partial charge in [-0.25, -0.2) is 4.98 Å². The van der Waals surface area contributed by atoms with Gasteiger partial charge in [-0.05, 0) is 25.2 Å². The van der Waals surface area contributed by atoms with E-state index in [1.165, 1.54) is 0 Å². The Morgan fingerprint density at radius 3 is 2.93 bits per heavy atom. The Kier molecular flexibility index (Phi) is 3.38. The van der Waals surface area contributed by atoms with Gasteiger partial charge in [0.05, 0.1) is 12.0 Å². The second-order valence-corrected chi connectivity index (χ2v) is 4.36. The number of aromatic nitrogens is 2. The van der Waals surface area contributed by atoms with Crippen molar-refractivity contribution in [2.24, 2.45) is 18.7 Å². The van der Waals surface area contributed by atoms with Gasteiger partial charge in [-0.15, -0.1) is 0 Å². The highest BCUT2D eigenvalue weighted by atomic mass is 16.5. The van der Waals surface area contributed by atoms with Crippen molar-refractivity contribution >= 4 is 0 Å². The first-order valence-corrected chi connectivity index (χ1v) is 5.57. The normalized spacial score (nSPS) is 20.4. The van der Waals surface area contributed by atoms with Crippen molar-refractivity contribution in [2.45, 2.75) is 25.3 Å². The van der Waals surface area contributed by atoms with E-state index in [9.17, 15) is 0 Å². The molecule has 2 N–H and O–H groups in total. The standard InChI is InChI=1S/C11H19N3O/c1-14-7-11(13-8-14)10(12)6-9-2-4-15-5-3-9/h7-10H,2-6,12H2,1H3. The lowest BCUT2D eigenvalue weighted by atomic mass is 9.92. The SMILES string of the molecule is Cn1cnc(C(N)CC2CCOCC2)c1. The Morgan fingerprint density at radius 2 is 2.33 bits per heavy atom. The number of ether oxygens (including phenoxy) is 1. The molecule has 0 amide bonds.